The molecule has 20 heavy (non-hydrogen) atoms. The molecule has 4 rings (SSSR count). The lowest BCUT2D eigenvalue weighted by atomic mass is 10.3. The van der Waals surface area contributed by atoms with Gasteiger partial charge in [0, 0.05) is 18.6 Å². The van der Waals surface area contributed by atoms with Gasteiger partial charge in [0.15, 0.2) is 0 Å². The van der Waals surface area contributed by atoms with E-state index in [0.29, 0.717) is 16.5 Å². The first-order valence-electron chi connectivity index (χ1n) is 6.09. The van der Waals surface area contributed by atoms with Crippen LogP contribution in [0.4, 0.5) is 5.82 Å². The molecular formula is C14H10ClN5. The van der Waals surface area contributed by atoms with Crippen molar-refractivity contribution < 1.29 is 0 Å². The Labute approximate surface area is 119 Å². The van der Waals surface area contributed by atoms with Gasteiger partial charge in [-0.05, 0) is 24.3 Å². The second-order valence-electron chi connectivity index (χ2n) is 4.51. The Kier molecular flexibility index (Phi) is 2.25. The van der Waals surface area contributed by atoms with Crippen LogP contribution in [0.25, 0.3) is 22.7 Å². The minimum absolute atomic E-state index is 0.533. The van der Waals surface area contributed by atoms with Crippen LogP contribution in [0.5, 0.6) is 0 Å². The molecule has 0 atom stereocenters. The van der Waals surface area contributed by atoms with E-state index in [1.165, 1.54) is 0 Å². The first kappa shape index (κ1) is 11.3. The van der Waals surface area contributed by atoms with Gasteiger partial charge in [-0.2, -0.15) is 0 Å². The Morgan fingerprint density at radius 2 is 1.90 bits per heavy atom. The molecule has 4 aromatic heterocycles. The maximum Gasteiger partial charge on any atom is 0.139 e. The van der Waals surface area contributed by atoms with E-state index in [1.807, 2.05) is 41.1 Å². The molecule has 0 spiro atoms. The lowest BCUT2D eigenvalue weighted by Gasteiger charge is -1.96. The summed E-state index contributed by atoms with van der Waals surface area (Å²) in [6.07, 6.45) is 5.60. The van der Waals surface area contributed by atoms with Crippen molar-refractivity contribution in [2.45, 2.75) is 0 Å². The summed E-state index contributed by atoms with van der Waals surface area (Å²) in [5.74, 6) is 0.533. The highest BCUT2D eigenvalue weighted by Crippen LogP contribution is 2.26. The molecule has 0 aliphatic heterocycles. The van der Waals surface area contributed by atoms with Crippen LogP contribution in [-0.4, -0.2) is 18.8 Å². The Balaban J connectivity index is 1.99. The number of hydrogen-bond acceptors (Lipinski definition) is 3. The minimum atomic E-state index is 0.533. The molecule has 4 heterocycles. The number of aromatic nitrogens is 4. The summed E-state index contributed by atoms with van der Waals surface area (Å²) in [5, 5.41) is 0.614. The lowest BCUT2D eigenvalue weighted by molar-refractivity contribution is 1.19. The number of rotatable bonds is 1. The number of pyridine rings is 2. The maximum absolute atomic E-state index is 6.15. The van der Waals surface area contributed by atoms with Crippen molar-refractivity contribution in [3.05, 3.63) is 53.9 Å². The van der Waals surface area contributed by atoms with E-state index in [-0.39, 0.29) is 0 Å². The topological polar surface area (TPSA) is 60.6 Å². The highest BCUT2D eigenvalue weighted by molar-refractivity contribution is 6.30. The van der Waals surface area contributed by atoms with Crippen molar-refractivity contribution in [1.29, 1.82) is 0 Å². The average molecular weight is 284 g/mol. The van der Waals surface area contributed by atoms with Crippen LogP contribution < -0.4 is 5.73 Å². The molecule has 0 saturated heterocycles. The number of nitrogens with two attached hydrogens (primary N) is 1. The van der Waals surface area contributed by atoms with Crippen LogP contribution in [0.1, 0.15) is 0 Å². The number of anilines is 1. The van der Waals surface area contributed by atoms with E-state index in [2.05, 4.69) is 9.97 Å². The summed E-state index contributed by atoms with van der Waals surface area (Å²) in [7, 11) is 0. The number of halogens is 1. The summed E-state index contributed by atoms with van der Waals surface area (Å²) in [4.78, 5) is 9.06. The second kappa shape index (κ2) is 3.98. The van der Waals surface area contributed by atoms with Crippen LogP contribution in [-0.2, 0) is 0 Å². The van der Waals surface area contributed by atoms with Gasteiger partial charge in [0.2, 0.25) is 0 Å². The highest BCUT2D eigenvalue weighted by atomic mass is 35.5. The van der Waals surface area contributed by atoms with Gasteiger partial charge in [-0.1, -0.05) is 17.7 Å². The van der Waals surface area contributed by atoms with Gasteiger partial charge in [-0.3, -0.25) is 4.40 Å². The Morgan fingerprint density at radius 1 is 1.00 bits per heavy atom. The molecule has 0 aromatic carbocycles. The minimum Gasteiger partial charge on any atom is -0.383 e. The number of hydrogen-bond donors (Lipinski definition) is 1. The van der Waals surface area contributed by atoms with Crippen molar-refractivity contribution in [3.8, 4) is 11.4 Å². The molecule has 0 unspecified atom stereocenters. The molecule has 0 fully saturated rings. The predicted octanol–water partition coefficient (Wildman–Crippen LogP) is 2.88. The summed E-state index contributed by atoms with van der Waals surface area (Å²) < 4.78 is 3.70. The molecule has 0 bridgehead atoms. The van der Waals surface area contributed by atoms with E-state index in [0.717, 1.165) is 17.0 Å². The monoisotopic (exact) mass is 283 g/mol. The van der Waals surface area contributed by atoms with E-state index < -0.39 is 0 Å². The lowest BCUT2D eigenvalue weighted by Crippen LogP contribution is -1.93. The normalized spacial score (nSPS) is 11.4. The number of nitrogens with zero attached hydrogens (tertiary/aromatic N) is 4. The average Bonchev–Trinajstić information content (AvgIpc) is 3.01. The van der Waals surface area contributed by atoms with Crippen LogP contribution >= 0.6 is 11.6 Å². The van der Waals surface area contributed by atoms with Crippen LogP contribution in [0.3, 0.4) is 0 Å². The summed E-state index contributed by atoms with van der Waals surface area (Å²) in [5.41, 5.74) is 9.17. The van der Waals surface area contributed by atoms with Gasteiger partial charge >= 0.3 is 0 Å². The van der Waals surface area contributed by atoms with Gasteiger partial charge in [0.1, 0.15) is 28.5 Å². The third-order valence-corrected chi connectivity index (χ3v) is 3.45. The number of imidazole rings is 2. The van der Waals surface area contributed by atoms with Crippen LogP contribution in [0.15, 0.2) is 48.9 Å². The van der Waals surface area contributed by atoms with Crippen molar-refractivity contribution >= 4 is 28.7 Å². The van der Waals surface area contributed by atoms with Crippen LogP contribution in [0.2, 0.25) is 5.02 Å². The fraction of sp³-hybridized carbons (Fsp3) is 0. The third-order valence-electron chi connectivity index (χ3n) is 3.23. The number of nitrogen functional groups attached to an aromatic ring is 1. The fourth-order valence-electron chi connectivity index (χ4n) is 2.27. The molecule has 5 nitrogen and oxygen atoms in total. The summed E-state index contributed by atoms with van der Waals surface area (Å²) in [6.45, 7) is 0. The SMILES string of the molecule is Nc1c(-c2cn3ccccc3n2)nc2ccc(Cl)cn12. The maximum atomic E-state index is 6.15. The smallest absolute Gasteiger partial charge is 0.139 e. The van der Waals surface area contributed by atoms with Crippen LogP contribution in [0, 0.1) is 0 Å². The third kappa shape index (κ3) is 1.57. The summed E-state index contributed by atoms with van der Waals surface area (Å²) in [6, 6.07) is 9.45. The Bertz CT molecular complexity index is 904. The van der Waals surface area contributed by atoms with Gasteiger partial charge in [0.25, 0.3) is 0 Å². The van der Waals surface area contributed by atoms with E-state index >= 15 is 0 Å². The van der Waals surface area contributed by atoms with Gasteiger partial charge < -0.3 is 10.1 Å². The van der Waals surface area contributed by atoms with E-state index in [1.54, 1.807) is 16.7 Å². The van der Waals surface area contributed by atoms with Crippen molar-refractivity contribution in [2.75, 3.05) is 5.73 Å². The first-order valence-corrected chi connectivity index (χ1v) is 6.47. The summed E-state index contributed by atoms with van der Waals surface area (Å²) >= 11 is 5.99. The Hall–Kier alpha value is -2.53. The fourth-order valence-corrected chi connectivity index (χ4v) is 2.43. The van der Waals surface area contributed by atoms with Crippen molar-refractivity contribution in [3.63, 3.8) is 0 Å². The van der Waals surface area contributed by atoms with Gasteiger partial charge in [-0.25, -0.2) is 9.97 Å². The Morgan fingerprint density at radius 3 is 2.75 bits per heavy atom. The van der Waals surface area contributed by atoms with Crippen molar-refractivity contribution in [1.82, 2.24) is 18.8 Å². The van der Waals surface area contributed by atoms with Gasteiger partial charge in [0.05, 0.1) is 5.02 Å². The zero-order valence-corrected chi connectivity index (χ0v) is 11.1. The molecule has 4 aromatic rings. The zero-order chi connectivity index (χ0) is 13.7. The molecular weight excluding hydrogens is 274 g/mol. The quantitative estimate of drug-likeness (QED) is 0.584. The molecule has 6 heteroatoms. The van der Waals surface area contributed by atoms with Gasteiger partial charge in [-0.15, -0.1) is 0 Å². The second-order valence-corrected chi connectivity index (χ2v) is 4.95. The number of fused-ring (bicyclic) bond motifs is 2. The van der Waals surface area contributed by atoms with E-state index in [4.69, 9.17) is 17.3 Å². The standard InChI is InChI=1S/C14H10ClN5/c15-9-4-5-12-18-13(14(16)20(12)7-9)10-8-19-6-2-1-3-11(19)17-10/h1-8H,16H2. The zero-order valence-electron chi connectivity index (χ0n) is 10.4. The molecule has 0 saturated carbocycles. The predicted molar refractivity (Wildman–Crippen MR) is 78.8 cm³/mol. The van der Waals surface area contributed by atoms with Crippen molar-refractivity contribution in [2.24, 2.45) is 0 Å². The molecule has 0 radical (unpaired) electrons. The molecule has 0 aliphatic carbocycles. The first-order chi connectivity index (χ1) is 9.72. The largest absolute Gasteiger partial charge is 0.383 e. The van der Waals surface area contributed by atoms with E-state index in [9.17, 15) is 0 Å². The molecule has 0 aliphatic rings. The molecule has 0 amide bonds. The molecule has 2 N–H and O–H groups in total. The highest BCUT2D eigenvalue weighted by Gasteiger charge is 2.14. The molecule has 98 valence electrons.